The fraction of sp³-hybridized carbons (Fsp3) is 0.409. The van der Waals surface area contributed by atoms with Gasteiger partial charge < -0.3 is 9.74 Å². The zero-order valence-corrected chi connectivity index (χ0v) is 16.9. The summed E-state index contributed by atoms with van der Waals surface area (Å²) in [6.45, 7) is 6.70. The van der Waals surface area contributed by atoms with E-state index in [1.807, 2.05) is 36.4 Å². The predicted molar refractivity (Wildman–Crippen MR) is 108 cm³/mol. The third-order valence-corrected chi connectivity index (χ3v) is 10.5. The average molecular weight is 368 g/mol. The summed E-state index contributed by atoms with van der Waals surface area (Å²) < 4.78 is 6.88. The van der Waals surface area contributed by atoms with Crippen molar-refractivity contribution in [3.63, 3.8) is 0 Å². The molecule has 1 heterocycles. The summed E-state index contributed by atoms with van der Waals surface area (Å²) in [4.78, 5) is 12.6. The van der Waals surface area contributed by atoms with E-state index in [4.69, 9.17) is 4.43 Å². The highest BCUT2D eigenvalue weighted by Crippen LogP contribution is 2.44. The van der Waals surface area contributed by atoms with E-state index in [0.717, 1.165) is 29.3 Å². The van der Waals surface area contributed by atoms with Crippen LogP contribution in [0, 0.1) is 5.92 Å². The van der Waals surface area contributed by atoms with Gasteiger partial charge in [-0.25, -0.2) is 0 Å². The zero-order chi connectivity index (χ0) is 18.6. The van der Waals surface area contributed by atoms with Gasteiger partial charge in [-0.05, 0) is 29.3 Å². The van der Waals surface area contributed by atoms with Gasteiger partial charge in [0.15, 0.2) is 8.32 Å². The molecule has 1 aliphatic rings. The minimum Gasteiger partial charge on any atom is -0.409 e. The predicted octanol–water partition coefficient (Wildman–Crippen LogP) is 5.24. The van der Waals surface area contributed by atoms with Crippen molar-refractivity contribution in [2.24, 2.45) is 5.92 Å². The normalized spacial score (nSPS) is 21.0. The van der Waals surface area contributed by atoms with Crippen molar-refractivity contribution in [2.45, 2.75) is 51.0 Å². The maximum absolute atomic E-state index is 12.6. The summed E-state index contributed by atoms with van der Waals surface area (Å²) in [5.41, 5.74) is 2.26. The van der Waals surface area contributed by atoms with Gasteiger partial charge in [-0.1, -0.05) is 81.4 Å². The van der Waals surface area contributed by atoms with E-state index in [0.29, 0.717) is 0 Å². The van der Waals surface area contributed by atoms with Gasteiger partial charge in [0.05, 0.1) is 18.1 Å². The highest BCUT2D eigenvalue weighted by molar-refractivity contribution is 6.73. The first-order valence-corrected chi connectivity index (χ1v) is 12.2. The number of carbonyl (C=O) groups is 1. The Labute approximate surface area is 157 Å². The van der Waals surface area contributed by atoms with Crippen molar-refractivity contribution >= 4 is 14.2 Å². The van der Waals surface area contributed by atoms with E-state index in [1.165, 1.54) is 0 Å². The molecule has 1 aliphatic heterocycles. The lowest BCUT2D eigenvalue weighted by molar-refractivity contribution is -0.141. The van der Waals surface area contributed by atoms with Crippen LogP contribution in [0.5, 0.6) is 0 Å². The van der Waals surface area contributed by atoms with Crippen LogP contribution in [-0.4, -0.2) is 14.2 Å². The van der Waals surface area contributed by atoms with Crippen LogP contribution in [0.3, 0.4) is 0 Å². The van der Waals surface area contributed by atoms with Crippen molar-refractivity contribution in [3.05, 3.63) is 71.8 Å². The van der Waals surface area contributed by atoms with Gasteiger partial charge >= 0.3 is 0 Å². The summed E-state index contributed by atoms with van der Waals surface area (Å²) in [7, 11) is -1.85. The average Bonchev–Trinajstić information content (AvgIpc) is 2.70. The van der Waals surface area contributed by atoms with Gasteiger partial charge in [0.1, 0.15) is 0 Å². The fourth-order valence-corrected chi connectivity index (χ4v) is 6.74. The molecule has 0 aromatic heterocycles. The Bertz CT molecular complexity index is 707. The smallest absolute Gasteiger partial charge is 0.229 e. The van der Waals surface area contributed by atoms with Crippen LogP contribution >= 0.6 is 0 Å². The summed E-state index contributed by atoms with van der Waals surface area (Å²) in [6, 6.07) is 23.8. The van der Waals surface area contributed by atoms with E-state index >= 15 is 0 Å². The second-order valence-corrected chi connectivity index (χ2v) is 11.8. The van der Waals surface area contributed by atoms with Crippen LogP contribution in [0.15, 0.2) is 60.7 Å². The molecule has 0 bridgehead atoms. The molecule has 4 heteroatoms. The summed E-state index contributed by atoms with van der Waals surface area (Å²) in [6.07, 6.45) is -0.179. The van der Waals surface area contributed by atoms with Gasteiger partial charge in [0.2, 0.25) is 5.91 Å². The molecule has 2 aromatic carbocycles. The molecule has 3 nitrogen and oxygen atoms in total. The fourth-order valence-electron chi connectivity index (χ4n) is 3.92. The number of rotatable bonds is 8. The van der Waals surface area contributed by atoms with Crippen molar-refractivity contribution in [3.8, 4) is 0 Å². The Kier molecular flexibility index (Phi) is 5.94. The van der Waals surface area contributed by atoms with E-state index in [9.17, 15) is 4.79 Å². The van der Waals surface area contributed by atoms with E-state index in [1.54, 1.807) is 0 Å². The number of benzene rings is 2. The monoisotopic (exact) mass is 367 g/mol. The molecular weight excluding hydrogens is 338 g/mol. The molecule has 0 aliphatic carbocycles. The standard InChI is InChI=1S/C22H29NO2Si/c1-4-26(5-2,6-3)25-21(18-15-11-8-12-16-18)19-20(23-22(19)24)17-13-9-7-10-14-17/h7-16,19-21H,4-6H2,1-3H3,(H,23,24)/t19-,20+,21-/m0/s1. The first-order valence-electron chi connectivity index (χ1n) is 9.72. The molecule has 0 radical (unpaired) electrons. The van der Waals surface area contributed by atoms with Crippen molar-refractivity contribution < 1.29 is 9.22 Å². The second kappa shape index (κ2) is 8.19. The van der Waals surface area contributed by atoms with E-state index < -0.39 is 8.32 Å². The third-order valence-electron chi connectivity index (χ3n) is 5.88. The van der Waals surface area contributed by atoms with E-state index in [-0.39, 0.29) is 24.0 Å². The maximum Gasteiger partial charge on any atom is 0.229 e. The molecule has 3 atom stereocenters. The number of nitrogens with one attached hydrogen (secondary N) is 1. The number of amides is 1. The van der Waals surface area contributed by atoms with Crippen LogP contribution in [0.25, 0.3) is 0 Å². The number of hydrogen-bond acceptors (Lipinski definition) is 2. The van der Waals surface area contributed by atoms with Gasteiger partial charge in [0.25, 0.3) is 0 Å². The molecule has 0 unspecified atom stereocenters. The Balaban J connectivity index is 1.96. The summed E-state index contributed by atoms with van der Waals surface area (Å²) in [5.74, 6) is -0.0739. The largest absolute Gasteiger partial charge is 0.409 e. The summed E-state index contributed by atoms with van der Waals surface area (Å²) in [5, 5.41) is 3.10. The minimum atomic E-state index is -1.85. The van der Waals surface area contributed by atoms with Crippen molar-refractivity contribution in [1.82, 2.24) is 5.32 Å². The third kappa shape index (κ3) is 3.62. The summed E-state index contributed by atoms with van der Waals surface area (Å²) >= 11 is 0. The molecule has 0 saturated carbocycles. The molecule has 26 heavy (non-hydrogen) atoms. The molecule has 138 valence electrons. The molecule has 3 rings (SSSR count). The first-order chi connectivity index (χ1) is 12.6. The lowest BCUT2D eigenvalue weighted by Gasteiger charge is -2.45. The van der Waals surface area contributed by atoms with Crippen LogP contribution < -0.4 is 5.32 Å². The second-order valence-electron chi connectivity index (χ2n) is 7.12. The number of carbonyl (C=O) groups excluding carboxylic acids is 1. The highest BCUT2D eigenvalue weighted by atomic mass is 28.4. The van der Waals surface area contributed by atoms with E-state index in [2.05, 4.69) is 50.4 Å². The van der Waals surface area contributed by atoms with Gasteiger partial charge in [0, 0.05) is 0 Å². The Morgan fingerprint density at radius 3 is 1.96 bits per heavy atom. The molecule has 1 fully saturated rings. The Morgan fingerprint density at radius 1 is 0.923 bits per heavy atom. The Hall–Kier alpha value is -1.91. The van der Waals surface area contributed by atoms with Gasteiger partial charge in [-0.2, -0.15) is 0 Å². The lowest BCUT2D eigenvalue weighted by Crippen LogP contribution is -2.56. The van der Waals surface area contributed by atoms with Crippen molar-refractivity contribution in [1.29, 1.82) is 0 Å². The molecule has 1 saturated heterocycles. The molecule has 1 amide bonds. The topological polar surface area (TPSA) is 38.3 Å². The number of hydrogen-bond donors (Lipinski definition) is 1. The van der Waals surface area contributed by atoms with Crippen LogP contribution in [0.2, 0.25) is 18.1 Å². The minimum absolute atomic E-state index is 0.0196. The van der Waals surface area contributed by atoms with Crippen molar-refractivity contribution in [2.75, 3.05) is 0 Å². The van der Waals surface area contributed by atoms with Crippen LogP contribution in [0.4, 0.5) is 0 Å². The molecular formula is C22H29NO2Si. The highest BCUT2D eigenvalue weighted by Gasteiger charge is 2.48. The zero-order valence-electron chi connectivity index (χ0n) is 15.9. The van der Waals surface area contributed by atoms with Crippen LogP contribution in [-0.2, 0) is 9.22 Å². The van der Waals surface area contributed by atoms with Gasteiger partial charge in [-0.3, -0.25) is 4.79 Å². The molecule has 0 spiro atoms. The maximum atomic E-state index is 12.6. The van der Waals surface area contributed by atoms with Crippen LogP contribution in [0.1, 0.15) is 44.0 Å². The quantitative estimate of drug-likeness (QED) is 0.512. The molecule has 1 N–H and O–H groups in total. The molecule has 2 aromatic rings. The first kappa shape index (κ1) is 18.9. The lowest BCUT2D eigenvalue weighted by atomic mass is 9.79. The number of β-lactam (4-membered cyclic amide) rings is 1. The SMILES string of the molecule is CC[Si](CC)(CC)O[C@@H](c1ccccc1)[C@H]1C(=O)N[C@@H]1c1ccccc1. The van der Waals surface area contributed by atoms with Gasteiger partial charge in [-0.15, -0.1) is 0 Å². The Morgan fingerprint density at radius 2 is 1.46 bits per heavy atom.